The van der Waals surface area contributed by atoms with Crippen LogP contribution in [0.1, 0.15) is 60.5 Å². The van der Waals surface area contributed by atoms with Gasteiger partial charge < -0.3 is 13.9 Å². The average molecular weight is 484 g/mol. The van der Waals surface area contributed by atoms with Gasteiger partial charge in [-0.2, -0.15) is 8.42 Å². The van der Waals surface area contributed by atoms with E-state index in [1.165, 1.54) is 37.3 Å². The fourth-order valence-electron chi connectivity index (χ4n) is 3.64. The highest BCUT2D eigenvalue weighted by Gasteiger charge is 2.22. The van der Waals surface area contributed by atoms with Crippen LogP contribution < -0.4 is 4.18 Å². The zero-order chi connectivity index (χ0) is 25.2. The van der Waals surface area contributed by atoms with Crippen molar-refractivity contribution in [3.63, 3.8) is 0 Å². The maximum atomic E-state index is 12.6. The molecular weight excluding hydrogens is 458 g/mol. The van der Waals surface area contributed by atoms with Crippen LogP contribution in [0, 0.1) is 27.7 Å². The largest absolute Gasteiger partial charge is 0.454 e. The van der Waals surface area contributed by atoms with Gasteiger partial charge in [-0.25, -0.2) is 4.79 Å². The number of carbonyl (C=O) groups excluding carboxylic acids is 3. The van der Waals surface area contributed by atoms with Crippen molar-refractivity contribution in [2.45, 2.75) is 39.5 Å². The maximum Gasteiger partial charge on any atom is 0.339 e. The molecule has 178 valence electrons. The van der Waals surface area contributed by atoms with E-state index in [0.29, 0.717) is 22.4 Å². The van der Waals surface area contributed by atoms with Gasteiger partial charge in [-0.15, -0.1) is 0 Å². The summed E-state index contributed by atoms with van der Waals surface area (Å²) in [6, 6.07) is 10.4. The van der Waals surface area contributed by atoms with Gasteiger partial charge in [0, 0.05) is 11.3 Å². The molecule has 2 aromatic carbocycles. The van der Waals surface area contributed by atoms with Crippen molar-refractivity contribution >= 4 is 27.7 Å². The summed E-state index contributed by atoms with van der Waals surface area (Å²) in [5.74, 6) is -1.36. The highest BCUT2D eigenvalue weighted by molar-refractivity contribution is 7.87. The number of aromatic amines is 1. The molecule has 0 aliphatic heterocycles. The van der Waals surface area contributed by atoms with E-state index in [1.807, 2.05) is 0 Å². The number of aryl methyl sites for hydroxylation is 3. The minimum atomic E-state index is -4.05. The normalized spacial score (nSPS) is 11.2. The Kier molecular flexibility index (Phi) is 7.07. The topological polar surface area (TPSA) is 120 Å². The molecule has 0 radical (unpaired) electrons. The van der Waals surface area contributed by atoms with Crippen LogP contribution in [-0.2, 0) is 14.9 Å². The molecule has 0 atom stereocenters. The van der Waals surface area contributed by atoms with Gasteiger partial charge in [-0.1, -0.05) is 12.1 Å². The van der Waals surface area contributed by atoms with Crippen molar-refractivity contribution < 1.29 is 31.7 Å². The fraction of sp³-hybridized carbons (Fsp3) is 0.240. The van der Waals surface area contributed by atoms with Crippen LogP contribution in [0.25, 0.3) is 0 Å². The molecule has 0 saturated heterocycles. The van der Waals surface area contributed by atoms with E-state index < -0.39 is 28.5 Å². The lowest BCUT2D eigenvalue weighted by Crippen LogP contribution is -2.15. The fourth-order valence-corrected chi connectivity index (χ4v) is 4.89. The maximum absolute atomic E-state index is 12.6. The molecule has 0 saturated carbocycles. The number of esters is 1. The summed E-state index contributed by atoms with van der Waals surface area (Å²) in [5, 5.41) is 0. The molecule has 1 N–H and O–H groups in total. The summed E-state index contributed by atoms with van der Waals surface area (Å²) in [4.78, 5) is 39.5. The van der Waals surface area contributed by atoms with E-state index in [-0.39, 0.29) is 27.7 Å². The first-order valence-corrected chi connectivity index (χ1v) is 11.8. The number of rotatable bonds is 8. The predicted octanol–water partition coefficient (Wildman–Crippen LogP) is 4.26. The van der Waals surface area contributed by atoms with Gasteiger partial charge in [0.2, 0.25) is 5.78 Å². The van der Waals surface area contributed by atoms with E-state index in [4.69, 9.17) is 8.92 Å². The highest BCUT2D eigenvalue weighted by Crippen LogP contribution is 2.23. The number of hydrogen-bond acceptors (Lipinski definition) is 7. The number of Topliss-reactive ketones (excluding diaryl/α,β-unsaturated/α-hetero) is 2. The summed E-state index contributed by atoms with van der Waals surface area (Å²) >= 11 is 0. The van der Waals surface area contributed by atoms with Crippen LogP contribution >= 0.6 is 0 Å². The molecule has 0 unspecified atom stereocenters. The number of benzene rings is 2. The van der Waals surface area contributed by atoms with Crippen LogP contribution in [0.5, 0.6) is 5.75 Å². The first-order valence-electron chi connectivity index (χ1n) is 10.4. The molecule has 1 heterocycles. The van der Waals surface area contributed by atoms with Gasteiger partial charge in [-0.05, 0) is 81.6 Å². The second kappa shape index (κ2) is 9.64. The Balaban J connectivity index is 1.66. The summed E-state index contributed by atoms with van der Waals surface area (Å²) < 4.78 is 35.5. The van der Waals surface area contributed by atoms with E-state index in [9.17, 15) is 22.8 Å². The van der Waals surface area contributed by atoms with E-state index in [2.05, 4.69) is 4.98 Å². The predicted molar refractivity (Wildman–Crippen MR) is 125 cm³/mol. The Morgan fingerprint density at radius 1 is 0.941 bits per heavy atom. The number of ketones is 2. The van der Waals surface area contributed by atoms with Gasteiger partial charge in [0.1, 0.15) is 10.6 Å². The van der Waals surface area contributed by atoms with Crippen molar-refractivity contribution in [1.82, 2.24) is 4.98 Å². The Labute approximate surface area is 198 Å². The number of H-pyrrole nitrogens is 1. The van der Waals surface area contributed by atoms with Gasteiger partial charge in [0.25, 0.3) is 0 Å². The quantitative estimate of drug-likeness (QED) is 0.289. The first kappa shape index (κ1) is 24.9. The molecule has 8 nitrogen and oxygen atoms in total. The lowest BCUT2D eigenvalue weighted by atomic mass is 10.1. The van der Waals surface area contributed by atoms with Crippen LogP contribution in [0.15, 0.2) is 47.4 Å². The second-order valence-electron chi connectivity index (χ2n) is 8.01. The van der Waals surface area contributed by atoms with Crippen molar-refractivity contribution in [1.29, 1.82) is 0 Å². The zero-order valence-electron chi connectivity index (χ0n) is 19.5. The molecule has 9 heteroatoms. The molecular formula is C25H25NO7S. The van der Waals surface area contributed by atoms with E-state index in [0.717, 1.165) is 5.56 Å². The smallest absolute Gasteiger partial charge is 0.339 e. The Bertz CT molecular complexity index is 1380. The Morgan fingerprint density at radius 2 is 1.59 bits per heavy atom. The Morgan fingerprint density at radius 3 is 2.18 bits per heavy atom. The average Bonchev–Trinajstić information content (AvgIpc) is 3.07. The van der Waals surface area contributed by atoms with Gasteiger partial charge in [0.05, 0.1) is 11.3 Å². The number of carbonyl (C=O) groups is 3. The molecule has 0 spiro atoms. The van der Waals surface area contributed by atoms with E-state index >= 15 is 0 Å². The van der Waals surface area contributed by atoms with Crippen molar-refractivity contribution in [2.75, 3.05) is 6.61 Å². The second-order valence-corrected chi connectivity index (χ2v) is 9.53. The third-order valence-electron chi connectivity index (χ3n) is 5.31. The molecule has 0 aliphatic carbocycles. The lowest BCUT2D eigenvalue weighted by Gasteiger charge is -2.10. The van der Waals surface area contributed by atoms with Crippen LogP contribution in [0.3, 0.4) is 0 Å². The first-order chi connectivity index (χ1) is 15.9. The molecule has 0 bridgehead atoms. The van der Waals surface area contributed by atoms with Crippen molar-refractivity contribution in [3.8, 4) is 5.75 Å². The van der Waals surface area contributed by atoms with Gasteiger partial charge >= 0.3 is 16.1 Å². The summed E-state index contributed by atoms with van der Waals surface area (Å²) in [7, 11) is -4.05. The molecule has 0 aliphatic rings. The standard InChI is InChI=1S/C25H25NO7S/c1-14-6-7-15(2)22(12-14)34(30,31)33-20-10-8-19(9-11-20)25(29)32-13-21(28)24-16(3)23(18(5)27)17(4)26-24/h6-12,26H,13H2,1-5H3. The minimum absolute atomic E-state index is 0.0304. The molecule has 34 heavy (non-hydrogen) atoms. The highest BCUT2D eigenvalue weighted by atomic mass is 32.2. The summed E-state index contributed by atoms with van der Waals surface area (Å²) in [6.45, 7) is 7.70. The molecule has 0 fully saturated rings. The molecule has 3 aromatic rings. The number of hydrogen-bond donors (Lipinski definition) is 1. The third kappa shape index (κ3) is 5.26. The number of aromatic nitrogens is 1. The van der Waals surface area contributed by atoms with Gasteiger partial charge in [-0.3, -0.25) is 9.59 Å². The SMILES string of the molecule is CC(=O)c1c(C)[nH]c(C(=O)COC(=O)c2ccc(OS(=O)(=O)c3cc(C)ccc3C)cc2)c1C. The van der Waals surface area contributed by atoms with Crippen LogP contribution in [0.2, 0.25) is 0 Å². The van der Waals surface area contributed by atoms with E-state index in [1.54, 1.807) is 39.8 Å². The molecule has 3 rings (SSSR count). The molecule has 1 aromatic heterocycles. The van der Waals surface area contributed by atoms with Crippen molar-refractivity contribution in [2.24, 2.45) is 0 Å². The zero-order valence-corrected chi connectivity index (χ0v) is 20.3. The van der Waals surface area contributed by atoms with Crippen LogP contribution in [0.4, 0.5) is 0 Å². The van der Waals surface area contributed by atoms with Gasteiger partial charge in [0.15, 0.2) is 12.4 Å². The minimum Gasteiger partial charge on any atom is -0.454 e. The molecule has 0 amide bonds. The summed E-state index contributed by atoms with van der Waals surface area (Å²) in [6.07, 6.45) is 0. The van der Waals surface area contributed by atoms with Crippen molar-refractivity contribution in [3.05, 3.63) is 81.7 Å². The van der Waals surface area contributed by atoms with Crippen LogP contribution in [-0.4, -0.2) is 37.5 Å². The monoisotopic (exact) mass is 483 g/mol. The third-order valence-corrected chi connectivity index (χ3v) is 6.70. The lowest BCUT2D eigenvalue weighted by molar-refractivity contribution is 0.0473. The number of ether oxygens (including phenoxy) is 1. The Hall–Kier alpha value is -3.72. The summed E-state index contributed by atoms with van der Waals surface area (Å²) in [5.41, 5.74) is 3.20. The number of nitrogens with one attached hydrogen (secondary N) is 1.